The lowest BCUT2D eigenvalue weighted by Crippen LogP contribution is -2.16. The maximum Gasteiger partial charge on any atom is 0.344 e. The van der Waals surface area contributed by atoms with E-state index in [0.29, 0.717) is 41.5 Å². The van der Waals surface area contributed by atoms with Gasteiger partial charge in [-0.1, -0.05) is 23.7 Å². The van der Waals surface area contributed by atoms with E-state index < -0.39 is 5.97 Å². The Labute approximate surface area is 146 Å². The smallest absolute Gasteiger partial charge is 0.344 e. The monoisotopic (exact) mass is 349 g/mol. The molecule has 0 spiro atoms. The molecule has 1 aromatic carbocycles. The largest absolute Gasteiger partial charge is 0.481 e. The molecule has 0 saturated heterocycles. The summed E-state index contributed by atoms with van der Waals surface area (Å²) in [5.74, 6) is 0.0967. The molecule has 0 aliphatic carbocycles. The summed E-state index contributed by atoms with van der Waals surface area (Å²) in [6, 6.07) is 7.08. The number of rotatable bonds is 10. The van der Waals surface area contributed by atoms with Gasteiger partial charge in [0.15, 0.2) is 6.61 Å². The van der Waals surface area contributed by atoms with Crippen molar-refractivity contribution in [3.8, 4) is 5.75 Å². The van der Waals surface area contributed by atoms with Gasteiger partial charge in [-0.2, -0.15) is 0 Å². The van der Waals surface area contributed by atoms with Crippen molar-refractivity contribution < 1.29 is 19.0 Å². The Morgan fingerprint density at radius 2 is 2.08 bits per heavy atom. The lowest BCUT2D eigenvalue weighted by Gasteiger charge is -2.10. The van der Waals surface area contributed by atoms with Gasteiger partial charge in [0, 0.05) is 12.8 Å². The summed E-state index contributed by atoms with van der Waals surface area (Å²) in [6.07, 6.45) is 4.88. The van der Waals surface area contributed by atoms with Crippen LogP contribution < -0.4 is 4.74 Å². The second kappa shape index (κ2) is 9.90. The normalized spacial score (nSPS) is 10.5. The highest BCUT2D eigenvalue weighted by Gasteiger charge is 2.10. The van der Waals surface area contributed by atoms with Crippen LogP contribution >= 0.6 is 11.6 Å². The Morgan fingerprint density at radius 1 is 1.25 bits per heavy atom. The first-order valence-electron chi connectivity index (χ1n) is 7.72. The van der Waals surface area contributed by atoms with Gasteiger partial charge in [0.25, 0.3) is 0 Å². The second-order valence-electron chi connectivity index (χ2n) is 5.02. The molecular weight excluding hydrogens is 330 g/mol. The maximum absolute atomic E-state index is 11.7. The van der Waals surface area contributed by atoms with Crippen LogP contribution in [0, 0.1) is 0 Å². The fraction of sp³-hybridized carbons (Fsp3) is 0.333. The number of pyridine rings is 1. The highest BCUT2D eigenvalue weighted by molar-refractivity contribution is 6.35. The third kappa shape index (κ3) is 5.51. The molecule has 0 bridgehead atoms. The molecule has 1 heterocycles. The number of benzene rings is 1. The standard InChI is InChI=1S/C18H20ClNO4/c1-2-10-22-11-3-4-12-23-17(21)13-24-16-8-9-20-15-7-5-6-14(19)18(15)16/h2,5-9H,1,3-4,10-13H2. The minimum absolute atomic E-state index is 0.169. The van der Waals surface area contributed by atoms with Gasteiger partial charge in [0.05, 0.1) is 29.1 Å². The molecule has 0 fully saturated rings. The highest BCUT2D eigenvalue weighted by atomic mass is 35.5. The van der Waals surface area contributed by atoms with Gasteiger partial charge in [-0.05, 0) is 31.0 Å². The van der Waals surface area contributed by atoms with Crippen molar-refractivity contribution in [2.24, 2.45) is 0 Å². The van der Waals surface area contributed by atoms with Crippen molar-refractivity contribution in [1.29, 1.82) is 0 Å². The van der Waals surface area contributed by atoms with E-state index >= 15 is 0 Å². The van der Waals surface area contributed by atoms with Crippen LogP contribution in [0.2, 0.25) is 5.02 Å². The molecule has 0 amide bonds. The number of ether oxygens (including phenoxy) is 3. The van der Waals surface area contributed by atoms with E-state index in [1.165, 1.54) is 0 Å². The molecule has 5 nitrogen and oxygen atoms in total. The molecule has 0 aliphatic rings. The first-order valence-corrected chi connectivity index (χ1v) is 8.10. The van der Waals surface area contributed by atoms with Crippen LogP contribution in [0.1, 0.15) is 12.8 Å². The minimum Gasteiger partial charge on any atom is -0.481 e. The van der Waals surface area contributed by atoms with Gasteiger partial charge in [0.2, 0.25) is 0 Å². The molecule has 6 heteroatoms. The molecule has 2 rings (SSSR count). The Morgan fingerprint density at radius 3 is 2.92 bits per heavy atom. The lowest BCUT2D eigenvalue weighted by atomic mass is 10.2. The molecule has 0 saturated carbocycles. The topological polar surface area (TPSA) is 57.7 Å². The fourth-order valence-electron chi connectivity index (χ4n) is 2.09. The molecule has 0 radical (unpaired) electrons. The maximum atomic E-state index is 11.7. The average Bonchev–Trinajstić information content (AvgIpc) is 2.59. The minimum atomic E-state index is -0.418. The summed E-state index contributed by atoms with van der Waals surface area (Å²) < 4.78 is 15.9. The molecule has 2 aromatic rings. The number of hydrogen-bond acceptors (Lipinski definition) is 5. The quantitative estimate of drug-likeness (QED) is 0.371. The summed E-state index contributed by atoms with van der Waals surface area (Å²) in [6.45, 7) is 4.91. The molecule has 128 valence electrons. The average molecular weight is 350 g/mol. The van der Waals surface area contributed by atoms with Crippen LogP contribution in [-0.2, 0) is 14.3 Å². The number of halogens is 1. The molecule has 1 aromatic heterocycles. The van der Waals surface area contributed by atoms with Crippen LogP contribution in [0.3, 0.4) is 0 Å². The first-order chi connectivity index (χ1) is 11.7. The van der Waals surface area contributed by atoms with Crippen LogP contribution in [0.15, 0.2) is 43.1 Å². The number of aromatic nitrogens is 1. The SMILES string of the molecule is C=CCOCCCCOC(=O)COc1ccnc2cccc(Cl)c12. The highest BCUT2D eigenvalue weighted by Crippen LogP contribution is 2.30. The van der Waals surface area contributed by atoms with Crippen molar-refractivity contribution in [2.75, 3.05) is 26.4 Å². The Bertz CT molecular complexity index is 685. The van der Waals surface area contributed by atoms with Gasteiger partial charge in [-0.15, -0.1) is 6.58 Å². The second-order valence-corrected chi connectivity index (χ2v) is 5.43. The van der Waals surface area contributed by atoms with Gasteiger partial charge < -0.3 is 14.2 Å². The van der Waals surface area contributed by atoms with E-state index in [1.54, 1.807) is 24.4 Å². The summed E-state index contributed by atoms with van der Waals surface area (Å²) in [5, 5.41) is 1.22. The van der Waals surface area contributed by atoms with E-state index in [2.05, 4.69) is 11.6 Å². The Balaban J connectivity index is 1.75. The van der Waals surface area contributed by atoms with Crippen LogP contribution in [0.25, 0.3) is 10.9 Å². The zero-order chi connectivity index (χ0) is 17.2. The van der Waals surface area contributed by atoms with E-state index in [9.17, 15) is 4.79 Å². The number of fused-ring (bicyclic) bond motifs is 1. The van der Waals surface area contributed by atoms with E-state index in [0.717, 1.165) is 12.8 Å². The van der Waals surface area contributed by atoms with Crippen molar-refractivity contribution >= 4 is 28.5 Å². The van der Waals surface area contributed by atoms with Crippen molar-refractivity contribution in [2.45, 2.75) is 12.8 Å². The predicted octanol–water partition coefficient (Wildman–Crippen LogP) is 3.79. The number of unbranched alkanes of at least 4 members (excludes halogenated alkanes) is 1. The first kappa shape index (κ1) is 18.2. The summed E-state index contributed by atoms with van der Waals surface area (Å²) in [7, 11) is 0. The van der Waals surface area contributed by atoms with Gasteiger partial charge in [0.1, 0.15) is 5.75 Å². The molecule has 0 atom stereocenters. The summed E-state index contributed by atoms with van der Waals surface area (Å²) in [5.41, 5.74) is 0.716. The Hall–Kier alpha value is -2.11. The molecular formula is C18H20ClNO4. The summed E-state index contributed by atoms with van der Waals surface area (Å²) >= 11 is 6.18. The number of carbonyl (C=O) groups is 1. The van der Waals surface area contributed by atoms with E-state index in [1.807, 2.05) is 12.1 Å². The van der Waals surface area contributed by atoms with E-state index in [-0.39, 0.29) is 6.61 Å². The molecule has 0 aliphatic heterocycles. The third-order valence-electron chi connectivity index (χ3n) is 3.20. The number of hydrogen-bond donors (Lipinski definition) is 0. The Kier molecular flexibility index (Phi) is 7.52. The van der Waals surface area contributed by atoms with Crippen LogP contribution in [0.5, 0.6) is 5.75 Å². The van der Waals surface area contributed by atoms with Gasteiger partial charge in [-0.25, -0.2) is 4.79 Å². The molecule has 0 N–H and O–H groups in total. The summed E-state index contributed by atoms with van der Waals surface area (Å²) in [4.78, 5) is 16.0. The lowest BCUT2D eigenvalue weighted by molar-refractivity contribution is -0.146. The number of nitrogens with zero attached hydrogens (tertiary/aromatic N) is 1. The zero-order valence-electron chi connectivity index (χ0n) is 13.4. The van der Waals surface area contributed by atoms with Crippen LogP contribution in [0.4, 0.5) is 0 Å². The van der Waals surface area contributed by atoms with Crippen molar-refractivity contribution in [3.05, 3.63) is 48.1 Å². The van der Waals surface area contributed by atoms with Gasteiger partial charge >= 0.3 is 5.97 Å². The number of esters is 1. The van der Waals surface area contributed by atoms with Crippen molar-refractivity contribution in [3.63, 3.8) is 0 Å². The third-order valence-corrected chi connectivity index (χ3v) is 3.52. The van der Waals surface area contributed by atoms with Crippen molar-refractivity contribution in [1.82, 2.24) is 4.98 Å². The number of carbonyl (C=O) groups excluding carboxylic acids is 1. The van der Waals surface area contributed by atoms with E-state index in [4.69, 9.17) is 25.8 Å². The molecule has 0 unspecified atom stereocenters. The molecule has 24 heavy (non-hydrogen) atoms. The van der Waals surface area contributed by atoms with Gasteiger partial charge in [-0.3, -0.25) is 4.98 Å². The van der Waals surface area contributed by atoms with Crippen LogP contribution in [-0.4, -0.2) is 37.4 Å². The fourth-order valence-corrected chi connectivity index (χ4v) is 2.35. The zero-order valence-corrected chi connectivity index (χ0v) is 14.1. The predicted molar refractivity (Wildman–Crippen MR) is 93.5 cm³/mol.